The number of carbonyl (C=O) groups is 1. The van der Waals surface area contributed by atoms with Crippen LogP contribution in [0.3, 0.4) is 0 Å². The van der Waals surface area contributed by atoms with Gasteiger partial charge in [-0.3, -0.25) is 0 Å². The molecule has 116 valence electrons. The van der Waals surface area contributed by atoms with Gasteiger partial charge in [0.25, 0.3) is 0 Å². The Morgan fingerprint density at radius 3 is 2.57 bits per heavy atom. The first-order valence-corrected chi connectivity index (χ1v) is 7.99. The van der Waals surface area contributed by atoms with Gasteiger partial charge in [-0.25, -0.2) is 4.79 Å². The van der Waals surface area contributed by atoms with E-state index in [1.807, 2.05) is 36.4 Å². The number of benzene rings is 2. The van der Waals surface area contributed by atoms with Crippen LogP contribution in [-0.4, -0.2) is 12.8 Å². The van der Waals surface area contributed by atoms with Gasteiger partial charge in [0.2, 0.25) is 6.79 Å². The minimum atomic E-state index is -0.452. The molecule has 0 amide bonds. The molecule has 0 aliphatic rings. The van der Waals surface area contributed by atoms with E-state index < -0.39 is 5.97 Å². The topological polar surface area (TPSA) is 35.5 Å². The second-order valence-corrected chi connectivity index (χ2v) is 6.23. The second kappa shape index (κ2) is 6.67. The Bertz CT molecular complexity index is 813. The number of esters is 1. The summed E-state index contributed by atoms with van der Waals surface area (Å²) in [5.41, 5.74) is 1.49. The van der Waals surface area contributed by atoms with Crippen LogP contribution in [0, 0.1) is 0 Å². The molecule has 0 spiro atoms. The summed E-state index contributed by atoms with van der Waals surface area (Å²) in [4.78, 5) is 12.5. The molecule has 0 unspecified atom stereocenters. The fourth-order valence-corrected chi connectivity index (χ4v) is 3.18. The third kappa shape index (κ3) is 3.60. The van der Waals surface area contributed by atoms with Crippen LogP contribution in [-0.2, 0) is 9.53 Å². The Morgan fingerprint density at radius 1 is 1.13 bits per heavy atom. The van der Waals surface area contributed by atoms with Crippen LogP contribution in [0.2, 0.25) is 0 Å². The van der Waals surface area contributed by atoms with E-state index in [0.29, 0.717) is 11.3 Å². The quantitative estimate of drug-likeness (QED) is 0.375. The molecule has 3 aromatic rings. The number of fused-ring (bicyclic) bond motifs is 1. The van der Waals surface area contributed by atoms with Gasteiger partial charge in [0.05, 0.1) is 0 Å². The van der Waals surface area contributed by atoms with Crippen LogP contribution in [0.4, 0.5) is 0 Å². The molecule has 0 bridgehead atoms. The van der Waals surface area contributed by atoms with E-state index in [9.17, 15) is 4.79 Å². The summed E-state index contributed by atoms with van der Waals surface area (Å²) in [6.07, 6.45) is 0. The highest BCUT2D eigenvalue weighted by molar-refractivity contribution is 7.22. The number of rotatable bonds is 5. The van der Waals surface area contributed by atoms with Crippen LogP contribution in [0.25, 0.3) is 20.5 Å². The molecule has 0 saturated carbocycles. The van der Waals surface area contributed by atoms with Crippen LogP contribution in [0.15, 0.2) is 66.7 Å². The summed E-state index contributed by atoms with van der Waals surface area (Å²) in [6.45, 7) is 5.00. The van der Waals surface area contributed by atoms with Crippen LogP contribution < -0.4 is 4.74 Å². The summed E-state index contributed by atoms with van der Waals surface area (Å²) in [7, 11) is 0. The predicted octanol–water partition coefficient (Wildman–Crippen LogP) is 5.02. The monoisotopic (exact) mass is 324 g/mol. The van der Waals surface area contributed by atoms with Gasteiger partial charge in [0.15, 0.2) is 0 Å². The van der Waals surface area contributed by atoms with Crippen molar-refractivity contribution in [1.82, 2.24) is 0 Å². The number of hydrogen-bond acceptors (Lipinski definition) is 4. The summed E-state index contributed by atoms with van der Waals surface area (Å²) >= 11 is 1.76. The lowest BCUT2D eigenvalue weighted by molar-refractivity contribution is -0.145. The highest BCUT2D eigenvalue weighted by atomic mass is 32.1. The smallest absolute Gasteiger partial charge is 0.335 e. The molecule has 3 nitrogen and oxygen atoms in total. The normalized spacial score (nSPS) is 10.5. The van der Waals surface area contributed by atoms with Crippen molar-refractivity contribution in [1.29, 1.82) is 0 Å². The standard InChI is InChI=1S/C19H16O3S/c1-13(2)19(20)22-12-21-16-9-7-14(8-10-16)18-11-15-5-3-4-6-17(15)23-18/h3-11H,1,12H2,2H3. The molecular formula is C19H16O3S. The summed E-state index contributed by atoms with van der Waals surface area (Å²) in [5, 5.41) is 1.25. The Labute approximate surface area is 138 Å². The molecule has 1 heterocycles. The van der Waals surface area contributed by atoms with Gasteiger partial charge in [-0.05, 0) is 54.3 Å². The minimum absolute atomic E-state index is 0.117. The zero-order chi connectivity index (χ0) is 16.2. The van der Waals surface area contributed by atoms with E-state index >= 15 is 0 Å². The lowest BCUT2D eigenvalue weighted by Crippen LogP contribution is -2.10. The molecule has 0 fully saturated rings. The van der Waals surface area contributed by atoms with Crippen molar-refractivity contribution < 1.29 is 14.3 Å². The summed E-state index contributed by atoms with van der Waals surface area (Å²) in [5.74, 6) is 0.205. The Kier molecular flexibility index (Phi) is 4.44. The maximum Gasteiger partial charge on any atom is 0.335 e. The molecule has 23 heavy (non-hydrogen) atoms. The van der Waals surface area contributed by atoms with E-state index in [1.165, 1.54) is 15.0 Å². The third-order valence-corrected chi connectivity index (χ3v) is 4.49. The molecule has 0 radical (unpaired) electrons. The van der Waals surface area contributed by atoms with Crippen molar-refractivity contribution in [3.05, 3.63) is 66.7 Å². The lowest BCUT2D eigenvalue weighted by Gasteiger charge is -2.07. The lowest BCUT2D eigenvalue weighted by atomic mass is 10.1. The van der Waals surface area contributed by atoms with Crippen molar-refractivity contribution in [2.75, 3.05) is 6.79 Å². The minimum Gasteiger partial charge on any atom is -0.457 e. The average Bonchev–Trinajstić information content (AvgIpc) is 2.99. The maximum absolute atomic E-state index is 11.3. The molecule has 0 aliphatic heterocycles. The molecule has 0 saturated heterocycles. The molecule has 1 aromatic heterocycles. The van der Waals surface area contributed by atoms with Gasteiger partial charge in [-0.1, -0.05) is 24.8 Å². The van der Waals surface area contributed by atoms with E-state index in [-0.39, 0.29) is 6.79 Å². The first-order chi connectivity index (χ1) is 11.1. The van der Waals surface area contributed by atoms with Crippen LogP contribution >= 0.6 is 11.3 Å². The zero-order valence-electron chi connectivity index (χ0n) is 12.7. The van der Waals surface area contributed by atoms with E-state index in [2.05, 4.69) is 24.8 Å². The highest BCUT2D eigenvalue weighted by Crippen LogP contribution is 2.33. The first-order valence-electron chi connectivity index (χ1n) is 7.18. The van der Waals surface area contributed by atoms with Gasteiger partial charge >= 0.3 is 5.97 Å². The van der Waals surface area contributed by atoms with Crippen molar-refractivity contribution >= 4 is 27.4 Å². The van der Waals surface area contributed by atoms with Gasteiger partial charge < -0.3 is 9.47 Å². The molecule has 3 rings (SSSR count). The molecule has 0 aliphatic carbocycles. The molecule has 2 aromatic carbocycles. The van der Waals surface area contributed by atoms with Crippen molar-refractivity contribution in [2.24, 2.45) is 0 Å². The SMILES string of the molecule is C=C(C)C(=O)OCOc1ccc(-c2cc3ccccc3s2)cc1. The molecule has 0 N–H and O–H groups in total. The highest BCUT2D eigenvalue weighted by Gasteiger charge is 2.05. The van der Waals surface area contributed by atoms with E-state index in [0.717, 1.165) is 5.56 Å². The largest absolute Gasteiger partial charge is 0.457 e. The number of thiophene rings is 1. The van der Waals surface area contributed by atoms with Gasteiger partial charge in [0.1, 0.15) is 5.75 Å². The average molecular weight is 324 g/mol. The van der Waals surface area contributed by atoms with E-state index in [1.54, 1.807) is 18.3 Å². The van der Waals surface area contributed by atoms with Gasteiger partial charge in [-0.2, -0.15) is 0 Å². The summed E-state index contributed by atoms with van der Waals surface area (Å²) in [6, 6.07) is 18.3. The Hall–Kier alpha value is -2.59. The molecule has 0 atom stereocenters. The zero-order valence-corrected chi connectivity index (χ0v) is 13.6. The van der Waals surface area contributed by atoms with Gasteiger partial charge in [0, 0.05) is 15.2 Å². The summed E-state index contributed by atoms with van der Waals surface area (Å²) < 4.78 is 11.6. The number of hydrogen-bond donors (Lipinski definition) is 0. The fraction of sp³-hybridized carbons (Fsp3) is 0.105. The van der Waals surface area contributed by atoms with E-state index in [4.69, 9.17) is 9.47 Å². The van der Waals surface area contributed by atoms with Gasteiger partial charge in [-0.15, -0.1) is 11.3 Å². The maximum atomic E-state index is 11.3. The van der Waals surface area contributed by atoms with Crippen molar-refractivity contribution in [2.45, 2.75) is 6.92 Å². The second-order valence-electron chi connectivity index (χ2n) is 5.15. The third-order valence-electron chi connectivity index (χ3n) is 3.33. The Morgan fingerprint density at radius 2 is 1.87 bits per heavy atom. The number of ether oxygens (including phenoxy) is 2. The molecule has 4 heteroatoms. The Balaban J connectivity index is 1.67. The first kappa shape index (κ1) is 15.3. The fourth-order valence-electron chi connectivity index (χ4n) is 2.11. The number of carbonyl (C=O) groups excluding carboxylic acids is 1. The van der Waals surface area contributed by atoms with Crippen LogP contribution in [0.5, 0.6) is 5.75 Å². The van der Waals surface area contributed by atoms with Crippen molar-refractivity contribution in [3.8, 4) is 16.2 Å². The molecular weight excluding hydrogens is 308 g/mol. The van der Waals surface area contributed by atoms with Crippen LogP contribution in [0.1, 0.15) is 6.92 Å². The van der Waals surface area contributed by atoms with Crippen molar-refractivity contribution in [3.63, 3.8) is 0 Å². The predicted molar refractivity (Wildman–Crippen MR) is 93.7 cm³/mol.